The summed E-state index contributed by atoms with van der Waals surface area (Å²) in [5, 5.41) is 3.03. The lowest BCUT2D eigenvalue weighted by molar-refractivity contribution is 0.0600. The summed E-state index contributed by atoms with van der Waals surface area (Å²) in [4.78, 5) is 29.7. The highest BCUT2D eigenvalue weighted by Crippen LogP contribution is 2.30. The quantitative estimate of drug-likeness (QED) is 0.404. The van der Waals surface area contributed by atoms with Crippen LogP contribution in [-0.4, -0.2) is 56.6 Å². The van der Waals surface area contributed by atoms with E-state index in [0.29, 0.717) is 16.8 Å². The molecule has 2 aromatic carbocycles. The Kier molecular flexibility index (Phi) is 7.74. The molecule has 8 heteroatoms. The van der Waals surface area contributed by atoms with Gasteiger partial charge in [-0.3, -0.25) is 4.79 Å². The molecule has 1 saturated heterocycles. The molecule has 1 amide bonds. The van der Waals surface area contributed by atoms with Crippen LogP contribution in [0.1, 0.15) is 27.6 Å². The number of hydrogen-bond acceptors (Lipinski definition) is 5. The molecule has 1 aliphatic heterocycles. The lowest BCUT2D eigenvalue weighted by Crippen LogP contribution is -2.46. The first-order valence-corrected chi connectivity index (χ1v) is 11.5. The molecule has 0 aliphatic carbocycles. The number of likely N-dealkylation sites (N-methyl/N-ethyl adjacent to an activating group) is 1. The van der Waals surface area contributed by atoms with Gasteiger partial charge in [-0.2, -0.15) is 0 Å². The Morgan fingerprint density at radius 2 is 1.79 bits per heavy atom. The van der Waals surface area contributed by atoms with Crippen molar-refractivity contribution in [2.24, 2.45) is 0 Å². The van der Waals surface area contributed by atoms with Crippen LogP contribution >= 0.6 is 45.2 Å². The zero-order valence-corrected chi connectivity index (χ0v) is 20.7. The monoisotopic (exact) mass is 619 g/mol. The average molecular weight is 619 g/mol. The van der Waals surface area contributed by atoms with E-state index < -0.39 is 5.97 Å². The number of carbonyl (C=O) groups excluding carboxylic acids is 2. The molecule has 0 radical (unpaired) electrons. The number of amides is 1. The van der Waals surface area contributed by atoms with Crippen LogP contribution in [0.5, 0.6) is 0 Å². The lowest BCUT2D eigenvalue weighted by Gasteiger charge is -2.36. The zero-order valence-electron chi connectivity index (χ0n) is 16.4. The van der Waals surface area contributed by atoms with Gasteiger partial charge in [0.05, 0.1) is 29.6 Å². The summed E-state index contributed by atoms with van der Waals surface area (Å²) in [6, 6.07) is 11.1. The zero-order chi connectivity index (χ0) is 21.0. The molecule has 1 heterocycles. The minimum Gasteiger partial charge on any atom is -0.465 e. The van der Waals surface area contributed by atoms with E-state index in [1.807, 2.05) is 24.3 Å². The summed E-state index contributed by atoms with van der Waals surface area (Å²) < 4.78 is 6.73. The van der Waals surface area contributed by atoms with Crippen LogP contribution in [0.15, 0.2) is 36.4 Å². The predicted molar refractivity (Wildman–Crippen MR) is 132 cm³/mol. The summed E-state index contributed by atoms with van der Waals surface area (Å²) in [7, 11) is 1.35. The number of carbonyl (C=O) groups is 2. The Bertz CT molecular complexity index is 912. The van der Waals surface area contributed by atoms with Gasteiger partial charge >= 0.3 is 5.97 Å². The summed E-state index contributed by atoms with van der Waals surface area (Å²) in [6.07, 6.45) is 0. The van der Waals surface area contributed by atoms with Crippen molar-refractivity contribution in [2.45, 2.75) is 6.92 Å². The molecule has 0 bridgehead atoms. The third-order valence-electron chi connectivity index (χ3n) is 5.00. The second kappa shape index (κ2) is 10.1. The minimum absolute atomic E-state index is 0.191. The van der Waals surface area contributed by atoms with Crippen LogP contribution < -0.4 is 10.2 Å². The van der Waals surface area contributed by atoms with Crippen molar-refractivity contribution in [1.82, 2.24) is 4.90 Å². The summed E-state index contributed by atoms with van der Waals surface area (Å²) in [5.74, 6) is -0.616. The highest BCUT2D eigenvalue weighted by Gasteiger charge is 2.21. The van der Waals surface area contributed by atoms with E-state index in [2.05, 4.69) is 67.2 Å². The van der Waals surface area contributed by atoms with Gasteiger partial charge in [0.1, 0.15) is 0 Å². The molecule has 1 aliphatic rings. The summed E-state index contributed by atoms with van der Waals surface area (Å²) in [6.45, 7) is 6.87. The molecule has 0 aromatic heterocycles. The van der Waals surface area contributed by atoms with Gasteiger partial charge in [-0.15, -0.1) is 0 Å². The third-order valence-corrected chi connectivity index (χ3v) is 6.61. The standard InChI is InChI=1S/C21H23I2N3O3/c1-3-25-8-10-26(11-9-25)19-7-4-14(21(28)29-2)12-18(19)24-20(27)16-13-15(22)5-6-17(16)23/h4-7,12-13H,3,8-11H2,1-2H3,(H,24,27). The maximum Gasteiger partial charge on any atom is 0.337 e. The first-order chi connectivity index (χ1) is 13.9. The van der Waals surface area contributed by atoms with Gasteiger partial charge in [-0.05, 0) is 88.1 Å². The Hall–Kier alpha value is -1.40. The van der Waals surface area contributed by atoms with E-state index in [4.69, 9.17) is 4.74 Å². The van der Waals surface area contributed by atoms with Gasteiger partial charge in [0, 0.05) is 33.3 Å². The van der Waals surface area contributed by atoms with Crippen molar-refractivity contribution in [1.29, 1.82) is 0 Å². The van der Waals surface area contributed by atoms with Gasteiger partial charge < -0.3 is 19.9 Å². The third kappa shape index (κ3) is 5.40. The number of hydrogen-bond donors (Lipinski definition) is 1. The smallest absolute Gasteiger partial charge is 0.337 e. The van der Waals surface area contributed by atoms with Crippen molar-refractivity contribution in [3.63, 3.8) is 0 Å². The molecule has 1 N–H and O–H groups in total. The highest BCUT2D eigenvalue weighted by atomic mass is 127. The van der Waals surface area contributed by atoms with E-state index in [-0.39, 0.29) is 5.91 Å². The van der Waals surface area contributed by atoms with E-state index in [0.717, 1.165) is 45.6 Å². The van der Waals surface area contributed by atoms with Gasteiger partial charge in [0.2, 0.25) is 0 Å². The van der Waals surface area contributed by atoms with Crippen molar-refractivity contribution in [3.8, 4) is 0 Å². The molecule has 2 aromatic rings. The molecule has 6 nitrogen and oxygen atoms in total. The second-order valence-corrected chi connectivity index (χ2v) is 9.13. The SMILES string of the molecule is CCN1CCN(c2ccc(C(=O)OC)cc2NC(=O)c2cc(I)ccc2I)CC1. The molecular formula is C21H23I2N3O3. The molecule has 154 valence electrons. The van der Waals surface area contributed by atoms with Gasteiger partial charge in [0.25, 0.3) is 5.91 Å². The fourth-order valence-electron chi connectivity index (χ4n) is 3.32. The van der Waals surface area contributed by atoms with Crippen molar-refractivity contribution >= 4 is 68.4 Å². The topological polar surface area (TPSA) is 61.9 Å². The highest BCUT2D eigenvalue weighted by molar-refractivity contribution is 14.1. The first-order valence-electron chi connectivity index (χ1n) is 9.39. The van der Waals surface area contributed by atoms with Gasteiger partial charge in [0.15, 0.2) is 0 Å². The van der Waals surface area contributed by atoms with Crippen molar-refractivity contribution in [2.75, 3.05) is 50.1 Å². The fraction of sp³-hybridized carbons (Fsp3) is 0.333. The Balaban J connectivity index is 1.92. The predicted octanol–water partition coefficient (Wildman–Crippen LogP) is 4.08. The molecule has 3 rings (SSSR count). The maximum absolute atomic E-state index is 13.0. The number of esters is 1. The normalized spacial score (nSPS) is 14.6. The molecule has 0 saturated carbocycles. The van der Waals surface area contributed by atoms with E-state index >= 15 is 0 Å². The summed E-state index contributed by atoms with van der Waals surface area (Å²) >= 11 is 4.36. The number of rotatable bonds is 5. The van der Waals surface area contributed by atoms with E-state index in [1.165, 1.54) is 7.11 Å². The van der Waals surface area contributed by atoms with Gasteiger partial charge in [-0.25, -0.2) is 4.79 Å². The van der Waals surface area contributed by atoms with Crippen LogP contribution in [0.3, 0.4) is 0 Å². The fourth-order valence-corrected chi connectivity index (χ4v) is 4.39. The largest absolute Gasteiger partial charge is 0.465 e. The number of ether oxygens (including phenoxy) is 1. The first kappa shape index (κ1) is 22.3. The van der Waals surface area contributed by atoms with Crippen LogP contribution in [-0.2, 0) is 4.74 Å². The maximum atomic E-state index is 13.0. The van der Waals surface area contributed by atoms with E-state index in [9.17, 15) is 9.59 Å². The van der Waals surface area contributed by atoms with Crippen molar-refractivity contribution < 1.29 is 14.3 Å². The minimum atomic E-state index is -0.424. The number of halogens is 2. The Morgan fingerprint density at radius 3 is 2.45 bits per heavy atom. The van der Waals surface area contributed by atoms with Gasteiger partial charge in [-0.1, -0.05) is 6.92 Å². The van der Waals surface area contributed by atoms with E-state index in [1.54, 1.807) is 12.1 Å². The van der Waals surface area contributed by atoms with Crippen LogP contribution in [0, 0.1) is 7.14 Å². The molecule has 0 spiro atoms. The molecule has 29 heavy (non-hydrogen) atoms. The van der Waals surface area contributed by atoms with Crippen LogP contribution in [0.25, 0.3) is 0 Å². The van der Waals surface area contributed by atoms with Crippen LogP contribution in [0.2, 0.25) is 0 Å². The number of nitrogens with one attached hydrogen (secondary N) is 1. The van der Waals surface area contributed by atoms with Crippen LogP contribution in [0.4, 0.5) is 11.4 Å². The molecule has 1 fully saturated rings. The average Bonchev–Trinajstić information content (AvgIpc) is 2.74. The number of anilines is 2. The second-order valence-electron chi connectivity index (χ2n) is 6.72. The number of nitrogens with zero attached hydrogens (tertiary/aromatic N) is 2. The summed E-state index contributed by atoms with van der Waals surface area (Å²) in [5.41, 5.74) is 2.57. The number of benzene rings is 2. The lowest BCUT2D eigenvalue weighted by atomic mass is 10.1. The number of piperazine rings is 1. The molecular weight excluding hydrogens is 596 g/mol. The van der Waals surface area contributed by atoms with Crippen molar-refractivity contribution in [3.05, 3.63) is 54.7 Å². The number of methoxy groups -OCH3 is 1. The molecule has 0 unspecified atom stereocenters. The molecule has 0 atom stereocenters. The Labute approximate surface area is 198 Å². The Morgan fingerprint density at radius 1 is 1.07 bits per heavy atom.